The summed E-state index contributed by atoms with van der Waals surface area (Å²) in [5, 5.41) is 7.75. The molecule has 1 saturated heterocycles. The Kier molecular flexibility index (Phi) is 4.13. The number of nitrogens with zero attached hydrogens (tertiary/aromatic N) is 4. The molecule has 1 aliphatic heterocycles. The monoisotopic (exact) mass is 275 g/mol. The third-order valence-corrected chi connectivity index (χ3v) is 3.61. The average molecular weight is 275 g/mol. The first-order chi connectivity index (χ1) is 9.90. The van der Waals surface area contributed by atoms with Crippen LogP contribution in [0.5, 0.6) is 0 Å². The lowest BCUT2D eigenvalue weighted by Gasteiger charge is -2.36. The number of rotatable bonds is 5. The van der Waals surface area contributed by atoms with Crippen LogP contribution in [-0.2, 0) is 4.74 Å². The Hall–Kier alpha value is -1.66. The van der Waals surface area contributed by atoms with Gasteiger partial charge >= 0.3 is 0 Å². The SMILES string of the molecule is CCCNCC1COCCN1c1nccn2nccc12. The predicted molar refractivity (Wildman–Crippen MR) is 78.1 cm³/mol. The van der Waals surface area contributed by atoms with E-state index in [1.807, 2.05) is 23.0 Å². The molecule has 0 aliphatic carbocycles. The van der Waals surface area contributed by atoms with Crippen molar-refractivity contribution >= 4 is 11.3 Å². The van der Waals surface area contributed by atoms with Gasteiger partial charge in [0.25, 0.3) is 0 Å². The molecule has 0 radical (unpaired) electrons. The smallest absolute Gasteiger partial charge is 0.155 e. The van der Waals surface area contributed by atoms with Gasteiger partial charge in [-0.15, -0.1) is 0 Å². The van der Waals surface area contributed by atoms with E-state index in [2.05, 4.69) is 27.2 Å². The van der Waals surface area contributed by atoms with E-state index >= 15 is 0 Å². The van der Waals surface area contributed by atoms with Crippen molar-refractivity contribution < 1.29 is 4.74 Å². The van der Waals surface area contributed by atoms with Crippen LogP contribution in [0.25, 0.3) is 5.52 Å². The highest BCUT2D eigenvalue weighted by molar-refractivity contribution is 5.68. The lowest BCUT2D eigenvalue weighted by atomic mass is 10.2. The average Bonchev–Trinajstić information content (AvgIpc) is 2.96. The summed E-state index contributed by atoms with van der Waals surface area (Å²) in [6.45, 7) is 6.50. The fourth-order valence-corrected chi connectivity index (χ4v) is 2.61. The summed E-state index contributed by atoms with van der Waals surface area (Å²) in [6.07, 6.45) is 6.64. The van der Waals surface area contributed by atoms with Crippen molar-refractivity contribution in [2.75, 3.05) is 37.7 Å². The molecule has 1 N–H and O–H groups in total. The van der Waals surface area contributed by atoms with Gasteiger partial charge in [0.2, 0.25) is 0 Å². The first kappa shape index (κ1) is 13.3. The summed E-state index contributed by atoms with van der Waals surface area (Å²) in [7, 11) is 0. The van der Waals surface area contributed by atoms with Gasteiger partial charge in [-0.05, 0) is 19.0 Å². The standard InChI is InChI=1S/C14H21N5O/c1-2-4-15-10-12-11-20-9-8-18(12)14-13-3-5-17-19(13)7-6-16-14/h3,5-7,12,15H,2,4,8-11H2,1H3. The number of fused-ring (bicyclic) bond motifs is 1. The molecule has 3 rings (SSSR count). The minimum atomic E-state index is 0.323. The summed E-state index contributed by atoms with van der Waals surface area (Å²) in [5.74, 6) is 0.997. The fourth-order valence-electron chi connectivity index (χ4n) is 2.61. The molecule has 1 aliphatic rings. The molecule has 0 bridgehead atoms. The third-order valence-electron chi connectivity index (χ3n) is 3.61. The van der Waals surface area contributed by atoms with E-state index in [9.17, 15) is 0 Å². The van der Waals surface area contributed by atoms with E-state index < -0.39 is 0 Å². The van der Waals surface area contributed by atoms with Crippen molar-refractivity contribution in [1.82, 2.24) is 19.9 Å². The Balaban J connectivity index is 1.83. The van der Waals surface area contributed by atoms with E-state index in [0.29, 0.717) is 6.04 Å². The number of ether oxygens (including phenoxy) is 1. The third kappa shape index (κ3) is 2.62. The van der Waals surface area contributed by atoms with Gasteiger partial charge in [0.05, 0.1) is 25.5 Å². The Morgan fingerprint density at radius 2 is 2.40 bits per heavy atom. The zero-order valence-electron chi connectivity index (χ0n) is 11.8. The molecule has 0 aromatic carbocycles. The van der Waals surface area contributed by atoms with Gasteiger partial charge in [-0.25, -0.2) is 9.50 Å². The first-order valence-electron chi connectivity index (χ1n) is 7.23. The topological polar surface area (TPSA) is 54.7 Å². The summed E-state index contributed by atoms with van der Waals surface area (Å²) >= 11 is 0. The lowest BCUT2D eigenvalue weighted by molar-refractivity contribution is 0.0935. The molecule has 2 aromatic heterocycles. The maximum Gasteiger partial charge on any atom is 0.155 e. The highest BCUT2D eigenvalue weighted by atomic mass is 16.5. The second kappa shape index (κ2) is 6.19. The number of anilines is 1. The van der Waals surface area contributed by atoms with Gasteiger partial charge in [-0.2, -0.15) is 5.10 Å². The molecule has 6 nitrogen and oxygen atoms in total. The second-order valence-corrected chi connectivity index (χ2v) is 5.04. The quantitative estimate of drug-likeness (QED) is 0.823. The molecule has 20 heavy (non-hydrogen) atoms. The van der Waals surface area contributed by atoms with Crippen LogP contribution >= 0.6 is 0 Å². The van der Waals surface area contributed by atoms with Crippen molar-refractivity contribution in [2.45, 2.75) is 19.4 Å². The highest BCUT2D eigenvalue weighted by Gasteiger charge is 2.25. The summed E-state index contributed by atoms with van der Waals surface area (Å²) in [6, 6.07) is 2.33. The molecule has 1 atom stereocenters. The summed E-state index contributed by atoms with van der Waals surface area (Å²) in [4.78, 5) is 6.90. The molecule has 0 amide bonds. The Morgan fingerprint density at radius 1 is 1.45 bits per heavy atom. The van der Waals surface area contributed by atoms with Crippen LogP contribution in [0.3, 0.4) is 0 Å². The molecule has 108 valence electrons. The lowest BCUT2D eigenvalue weighted by Crippen LogP contribution is -2.51. The van der Waals surface area contributed by atoms with E-state index in [-0.39, 0.29) is 0 Å². The van der Waals surface area contributed by atoms with Gasteiger partial charge in [0.15, 0.2) is 5.82 Å². The first-order valence-corrected chi connectivity index (χ1v) is 7.23. The minimum absolute atomic E-state index is 0.323. The van der Waals surface area contributed by atoms with Crippen LogP contribution in [0.2, 0.25) is 0 Å². The Labute approximate surface area is 118 Å². The van der Waals surface area contributed by atoms with Crippen LogP contribution in [0.1, 0.15) is 13.3 Å². The molecule has 3 heterocycles. The van der Waals surface area contributed by atoms with Crippen molar-refractivity contribution in [3.8, 4) is 0 Å². The Bertz CT molecular complexity index is 555. The number of hydrogen-bond acceptors (Lipinski definition) is 5. The van der Waals surface area contributed by atoms with Gasteiger partial charge < -0.3 is 15.0 Å². The van der Waals surface area contributed by atoms with Crippen LogP contribution < -0.4 is 10.2 Å². The van der Waals surface area contributed by atoms with Crippen molar-refractivity contribution in [2.24, 2.45) is 0 Å². The zero-order valence-corrected chi connectivity index (χ0v) is 11.8. The van der Waals surface area contributed by atoms with Crippen LogP contribution in [0.15, 0.2) is 24.7 Å². The number of hydrogen-bond donors (Lipinski definition) is 1. The van der Waals surface area contributed by atoms with E-state index in [4.69, 9.17) is 4.74 Å². The number of aromatic nitrogens is 3. The number of morpholine rings is 1. The van der Waals surface area contributed by atoms with Crippen LogP contribution in [0, 0.1) is 0 Å². The van der Waals surface area contributed by atoms with Gasteiger partial charge in [-0.3, -0.25) is 0 Å². The largest absolute Gasteiger partial charge is 0.377 e. The van der Waals surface area contributed by atoms with E-state index in [1.165, 1.54) is 0 Å². The highest BCUT2D eigenvalue weighted by Crippen LogP contribution is 2.22. The zero-order chi connectivity index (χ0) is 13.8. The molecule has 0 saturated carbocycles. The molecular formula is C14H21N5O. The maximum atomic E-state index is 5.63. The Morgan fingerprint density at radius 3 is 3.30 bits per heavy atom. The van der Waals surface area contributed by atoms with Crippen molar-refractivity contribution in [3.05, 3.63) is 24.7 Å². The van der Waals surface area contributed by atoms with E-state index in [1.54, 1.807) is 6.20 Å². The normalized spacial score (nSPS) is 19.6. The van der Waals surface area contributed by atoms with Crippen LogP contribution in [0.4, 0.5) is 5.82 Å². The second-order valence-electron chi connectivity index (χ2n) is 5.04. The molecule has 0 spiro atoms. The van der Waals surface area contributed by atoms with Gasteiger partial charge in [0.1, 0.15) is 5.52 Å². The fraction of sp³-hybridized carbons (Fsp3) is 0.571. The summed E-state index contributed by atoms with van der Waals surface area (Å²) in [5.41, 5.74) is 1.05. The summed E-state index contributed by atoms with van der Waals surface area (Å²) < 4.78 is 7.50. The molecule has 6 heteroatoms. The molecular weight excluding hydrogens is 254 g/mol. The molecule has 1 fully saturated rings. The maximum absolute atomic E-state index is 5.63. The number of nitrogens with one attached hydrogen (secondary N) is 1. The van der Waals surface area contributed by atoms with Crippen LogP contribution in [-0.4, -0.2) is 53.5 Å². The molecule has 2 aromatic rings. The van der Waals surface area contributed by atoms with Gasteiger partial charge in [-0.1, -0.05) is 6.92 Å². The van der Waals surface area contributed by atoms with Crippen molar-refractivity contribution in [3.63, 3.8) is 0 Å². The van der Waals surface area contributed by atoms with Crippen molar-refractivity contribution in [1.29, 1.82) is 0 Å². The van der Waals surface area contributed by atoms with Gasteiger partial charge in [0, 0.05) is 25.5 Å². The minimum Gasteiger partial charge on any atom is -0.377 e. The van der Waals surface area contributed by atoms with E-state index in [0.717, 1.165) is 50.6 Å². The molecule has 1 unspecified atom stereocenters. The predicted octanol–water partition coefficient (Wildman–Crippen LogP) is 0.934.